The van der Waals surface area contributed by atoms with Crippen molar-refractivity contribution in [1.82, 2.24) is 14.8 Å². The lowest BCUT2D eigenvalue weighted by molar-refractivity contribution is -0.479. The Morgan fingerprint density at radius 3 is 2.46 bits per heavy atom. The molecule has 1 aromatic heterocycles. The molecule has 0 fully saturated rings. The van der Waals surface area contributed by atoms with Crippen LogP contribution >= 0.6 is 27.7 Å². The normalized spacial score (nSPS) is 11.7. The summed E-state index contributed by atoms with van der Waals surface area (Å²) in [4.78, 5) is 11.3. The van der Waals surface area contributed by atoms with Crippen LogP contribution < -0.4 is 9.47 Å². The van der Waals surface area contributed by atoms with E-state index in [1.165, 1.54) is 11.8 Å². The smallest absolute Gasteiger partial charge is 0.220 e. The summed E-state index contributed by atoms with van der Waals surface area (Å²) >= 11 is 4.72. The van der Waals surface area contributed by atoms with E-state index >= 15 is 0 Å². The molecule has 4 rings (SSSR count). The van der Waals surface area contributed by atoms with Gasteiger partial charge in [-0.15, -0.1) is 10.2 Å². The number of aryl methyl sites for hydroxylation is 1. The molecule has 0 saturated carbocycles. The Morgan fingerprint density at radius 2 is 1.77 bits per heavy atom. The predicted molar refractivity (Wildman–Crippen MR) is 138 cm³/mol. The van der Waals surface area contributed by atoms with Gasteiger partial charge in [0.15, 0.2) is 5.16 Å². The molecule has 1 atom stereocenters. The van der Waals surface area contributed by atoms with Gasteiger partial charge in [0.2, 0.25) is 6.54 Å². The van der Waals surface area contributed by atoms with Crippen molar-refractivity contribution in [2.24, 2.45) is 0 Å². The van der Waals surface area contributed by atoms with Crippen LogP contribution in [0.1, 0.15) is 22.2 Å². The van der Waals surface area contributed by atoms with Crippen molar-refractivity contribution in [2.45, 2.75) is 23.9 Å². The van der Waals surface area contributed by atoms with E-state index in [9.17, 15) is 10.1 Å². The molecule has 0 unspecified atom stereocenters. The number of methoxy groups -OCH3 is 1. The summed E-state index contributed by atoms with van der Waals surface area (Å²) in [6.45, 7) is 1.90. The Bertz CT molecular complexity index is 1300. The molecular formula is C25H23BrN4O4S. The maximum absolute atomic E-state index is 11.6. The van der Waals surface area contributed by atoms with E-state index in [0.29, 0.717) is 23.3 Å². The number of rotatable bonds is 10. The number of thioether (sulfide) groups is 1. The Hall–Kier alpha value is -3.37. The van der Waals surface area contributed by atoms with Gasteiger partial charge in [0.25, 0.3) is 0 Å². The predicted octanol–water partition coefficient (Wildman–Crippen LogP) is 6.04. The third-order valence-corrected chi connectivity index (χ3v) is 6.95. The van der Waals surface area contributed by atoms with Gasteiger partial charge < -0.3 is 9.47 Å². The third kappa shape index (κ3) is 6.20. The SMILES string of the molecule is COc1ccc(-n2c(C)nnc2S[C@H](C[N+](=O)[O-])c2ccccc2OCc2ccc(Br)cc2)cc1. The Labute approximate surface area is 215 Å². The van der Waals surface area contributed by atoms with Crippen LogP contribution in [0, 0.1) is 17.0 Å². The van der Waals surface area contributed by atoms with Crippen LogP contribution in [0.3, 0.4) is 0 Å². The topological polar surface area (TPSA) is 92.3 Å². The molecule has 0 aliphatic rings. The van der Waals surface area contributed by atoms with Crippen molar-refractivity contribution in [3.8, 4) is 17.2 Å². The highest BCUT2D eigenvalue weighted by molar-refractivity contribution is 9.10. The van der Waals surface area contributed by atoms with Crippen molar-refractivity contribution in [1.29, 1.82) is 0 Å². The van der Waals surface area contributed by atoms with Crippen molar-refractivity contribution >= 4 is 27.7 Å². The monoisotopic (exact) mass is 554 g/mol. The first kappa shape index (κ1) is 24.7. The Morgan fingerprint density at radius 1 is 1.06 bits per heavy atom. The van der Waals surface area contributed by atoms with E-state index in [0.717, 1.165) is 27.0 Å². The van der Waals surface area contributed by atoms with Crippen LogP contribution in [-0.2, 0) is 6.61 Å². The fourth-order valence-corrected chi connectivity index (χ4v) is 5.00. The number of nitro groups is 1. The molecule has 0 aliphatic carbocycles. The van der Waals surface area contributed by atoms with Crippen LogP contribution in [0.5, 0.6) is 11.5 Å². The van der Waals surface area contributed by atoms with Gasteiger partial charge in [-0.3, -0.25) is 14.7 Å². The molecule has 0 amide bonds. The molecule has 8 nitrogen and oxygen atoms in total. The average Bonchev–Trinajstić information content (AvgIpc) is 3.23. The summed E-state index contributed by atoms with van der Waals surface area (Å²) in [5.41, 5.74) is 2.57. The van der Waals surface area contributed by atoms with Crippen molar-refractivity contribution in [3.05, 3.63) is 104 Å². The van der Waals surface area contributed by atoms with Gasteiger partial charge in [-0.1, -0.05) is 58.0 Å². The zero-order valence-electron chi connectivity index (χ0n) is 19.1. The molecule has 0 aliphatic heterocycles. The molecule has 180 valence electrons. The van der Waals surface area contributed by atoms with Crippen LogP contribution in [0.4, 0.5) is 0 Å². The highest BCUT2D eigenvalue weighted by atomic mass is 79.9. The van der Waals surface area contributed by atoms with Crippen LogP contribution in [-0.4, -0.2) is 33.3 Å². The van der Waals surface area contributed by atoms with E-state index in [-0.39, 0.29) is 11.5 Å². The molecule has 4 aromatic rings. The molecule has 0 bridgehead atoms. The molecular weight excluding hydrogens is 532 g/mol. The lowest BCUT2D eigenvalue weighted by atomic mass is 10.1. The maximum Gasteiger partial charge on any atom is 0.220 e. The van der Waals surface area contributed by atoms with E-state index in [2.05, 4.69) is 26.1 Å². The first-order valence-corrected chi connectivity index (χ1v) is 12.4. The van der Waals surface area contributed by atoms with Gasteiger partial charge in [-0.05, 0) is 55.0 Å². The average molecular weight is 555 g/mol. The summed E-state index contributed by atoms with van der Waals surface area (Å²) in [6.07, 6.45) is 0. The second-order valence-electron chi connectivity index (χ2n) is 7.64. The van der Waals surface area contributed by atoms with Gasteiger partial charge in [-0.2, -0.15) is 0 Å². The van der Waals surface area contributed by atoms with Gasteiger partial charge in [-0.25, -0.2) is 0 Å². The van der Waals surface area contributed by atoms with Crippen LogP contribution in [0.25, 0.3) is 5.69 Å². The molecule has 10 heteroatoms. The number of para-hydroxylation sites is 1. The minimum Gasteiger partial charge on any atom is -0.497 e. The first-order chi connectivity index (χ1) is 16.9. The minimum absolute atomic E-state index is 0.294. The Kier molecular flexibility index (Phi) is 8.04. The second kappa shape index (κ2) is 11.4. The molecule has 3 aromatic carbocycles. The summed E-state index contributed by atoms with van der Waals surface area (Å²) in [5.74, 6) is 2.01. The molecule has 1 heterocycles. The third-order valence-electron chi connectivity index (χ3n) is 5.26. The van der Waals surface area contributed by atoms with Gasteiger partial charge >= 0.3 is 0 Å². The standard InChI is InChI=1S/C25H23BrN4O4S/c1-17-27-28-25(30(17)20-11-13-21(33-2)14-12-20)35-24(15-29(31)32)22-5-3-4-6-23(22)34-16-18-7-9-19(26)10-8-18/h3-14,24H,15-16H2,1-2H3/t24-/m1/s1. The zero-order chi connectivity index (χ0) is 24.8. The van der Waals surface area contributed by atoms with Gasteiger partial charge in [0.05, 0.1) is 7.11 Å². The summed E-state index contributed by atoms with van der Waals surface area (Å²) in [6, 6.07) is 22.7. The fourth-order valence-electron chi connectivity index (χ4n) is 3.53. The number of hydrogen-bond acceptors (Lipinski definition) is 7. The van der Waals surface area contributed by atoms with Crippen molar-refractivity contribution in [3.63, 3.8) is 0 Å². The molecule has 0 saturated heterocycles. The van der Waals surface area contributed by atoms with Crippen LogP contribution in [0.2, 0.25) is 0 Å². The molecule has 0 N–H and O–H groups in total. The maximum atomic E-state index is 11.6. The minimum atomic E-state index is -0.535. The first-order valence-electron chi connectivity index (χ1n) is 10.8. The summed E-state index contributed by atoms with van der Waals surface area (Å²) in [5, 5.41) is 20.2. The van der Waals surface area contributed by atoms with Crippen LogP contribution in [0.15, 0.2) is 82.4 Å². The Balaban J connectivity index is 1.63. The largest absolute Gasteiger partial charge is 0.497 e. The van der Waals surface area contributed by atoms with Crippen molar-refractivity contribution in [2.75, 3.05) is 13.7 Å². The molecule has 35 heavy (non-hydrogen) atoms. The summed E-state index contributed by atoms with van der Waals surface area (Å²) in [7, 11) is 1.61. The lowest BCUT2D eigenvalue weighted by Gasteiger charge is -2.18. The van der Waals surface area contributed by atoms with E-state index in [1.807, 2.05) is 84.3 Å². The number of benzene rings is 3. The number of hydrogen-bond donors (Lipinski definition) is 0. The zero-order valence-corrected chi connectivity index (χ0v) is 21.5. The summed E-state index contributed by atoms with van der Waals surface area (Å²) < 4.78 is 14.2. The number of aromatic nitrogens is 3. The fraction of sp³-hybridized carbons (Fsp3) is 0.200. The van der Waals surface area contributed by atoms with E-state index in [4.69, 9.17) is 9.47 Å². The van der Waals surface area contributed by atoms with Gasteiger partial charge in [0, 0.05) is 20.6 Å². The van der Waals surface area contributed by atoms with E-state index < -0.39 is 5.25 Å². The number of halogens is 1. The quantitative estimate of drug-likeness (QED) is 0.134. The highest BCUT2D eigenvalue weighted by Gasteiger charge is 2.26. The van der Waals surface area contributed by atoms with Crippen molar-refractivity contribution < 1.29 is 14.4 Å². The van der Waals surface area contributed by atoms with E-state index in [1.54, 1.807) is 7.11 Å². The molecule has 0 spiro atoms. The second-order valence-corrected chi connectivity index (χ2v) is 9.72. The molecule has 0 radical (unpaired) electrons. The lowest BCUT2D eigenvalue weighted by Crippen LogP contribution is -2.12. The number of ether oxygens (including phenoxy) is 2. The highest BCUT2D eigenvalue weighted by Crippen LogP contribution is 2.40. The van der Waals surface area contributed by atoms with Gasteiger partial charge in [0.1, 0.15) is 29.2 Å². The number of nitrogens with zero attached hydrogens (tertiary/aromatic N) is 4.